The zero-order valence-electron chi connectivity index (χ0n) is 16.9. The van der Waals surface area contributed by atoms with E-state index < -0.39 is 5.41 Å². The maximum absolute atomic E-state index is 12.8. The molecule has 0 spiro atoms. The van der Waals surface area contributed by atoms with Gasteiger partial charge in [-0.05, 0) is 63.3 Å². The van der Waals surface area contributed by atoms with E-state index in [1.54, 1.807) is 12.1 Å². The number of carbonyl (C=O) groups excluding carboxylic acids is 2. The van der Waals surface area contributed by atoms with E-state index >= 15 is 0 Å². The molecule has 1 saturated carbocycles. The molecule has 2 fully saturated rings. The van der Waals surface area contributed by atoms with Gasteiger partial charge in [0.15, 0.2) is 6.61 Å². The van der Waals surface area contributed by atoms with Crippen LogP contribution in [0.3, 0.4) is 0 Å². The Morgan fingerprint density at radius 3 is 2.59 bits per heavy atom. The van der Waals surface area contributed by atoms with Gasteiger partial charge in [-0.3, -0.25) is 9.59 Å². The fourth-order valence-electron chi connectivity index (χ4n) is 4.21. The summed E-state index contributed by atoms with van der Waals surface area (Å²) in [6, 6.07) is 9.15. The van der Waals surface area contributed by atoms with Crippen LogP contribution >= 0.6 is 11.6 Å². The van der Waals surface area contributed by atoms with Crippen LogP contribution in [0.5, 0.6) is 0 Å². The number of benzene rings is 1. The van der Waals surface area contributed by atoms with Gasteiger partial charge in [-0.25, -0.2) is 0 Å². The van der Waals surface area contributed by atoms with E-state index in [-0.39, 0.29) is 24.5 Å². The van der Waals surface area contributed by atoms with E-state index in [1.807, 2.05) is 32.0 Å². The first-order valence-electron chi connectivity index (χ1n) is 10.2. The van der Waals surface area contributed by atoms with Crippen molar-refractivity contribution in [3.8, 4) is 0 Å². The van der Waals surface area contributed by atoms with Gasteiger partial charge in [0.1, 0.15) is 0 Å². The Balaban J connectivity index is 1.41. The fraction of sp³-hybridized carbons (Fsp3) is 0.478. The van der Waals surface area contributed by atoms with Crippen molar-refractivity contribution < 1.29 is 19.1 Å². The Hall–Kier alpha value is -2.11. The first-order valence-corrected chi connectivity index (χ1v) is 10.5. The van der Waals surface area contributed by atoms with Gasteiger partial charge in [-0.2, -0.15) is 0 Å². The van der Waals surface area contributed by atoms with Crippen LogP contribution in [0.15, 0.2) is 30.3 Å². The highest BCUT2D eigenvalue weighted by Crippen LogP contribution is 2.49. The van der Waals surface area contributed by atoms with Gasteiger partial charge in [0.05, 0.1) is 11.5 Å². The largest absolute Gasteiger partial charge is 0.457 e. The SMILES string of the molecule is Cc1cc(C(=O)COC(=O)C2(c3ccc(Cl)cc3)CC2)c(C)n1C[C@H]1CCCO1. The third-order valence-corrected chi connectivity index (χ3v) is 6.41. The molecule has 0 radical (unpaired) electrons. The maximum atomic E-state index is 12.8. The van der Waals surface area contributed by atoms with Crippen molar-refractivity contribution in [1.82, 2.24) is 4.57 Å². The van der Waals surface area contributed by atoms with Gasteiger partial charge in [0, 0.05) is 35.1 Å². The summed E-state index contributed by atoms with van der Waals surface area (Å²) in [6.45, 7) is 5.25. The smallest absolute Gasteiger partial charge is 0.317 e. The highest BCUT2D eigenvalue weighted by atomic mass is 35.5. The van der Waals surface area contributed by atoms with E-state index in [0.717, 1.165) is 55.8 Å². The van der Waals surface area contributed by atoms with Crippen molar-refractivity contribution in [3.05, 3.63) is 57.9 Å². The van der Waals surface area contributed by atoms with Gasteiger partial charge in [-0.15, -0.1) is 0 Å². The third kappa shape index (κ3) is 3.99. The lowest BCUT2D eigenvalue weighted by Gasteiger charge is -2.15. The molecule has 29 heavy (non-hydrogen) atoms. The molecule has 5 nitrogen and oxygen atoms in total. The number of aryl methyl sites for hydroxylation is 1. The van der Waals surface area contributed by atoms with Crippen molar-refractivity contribution >= 4 is 23.4 Å². The summed E-state index contributed by atoms with van der Waals surface area (Å²) in [7, 11) is 0. The van der Waals surface area contributed by atoms with Gasteiger partial charge >= 0.3 is 5.97 Å². The Labute approximate surface area is 175 Å². The van der Waals surface area contributed by atoms with Gasteiger partial charge in [-0.1, -0.05) is 23.7 Å². The van der Waals surface area contributed by atoms with Gasteiger partial charge in [0.2, 0.25) is 5.78 Å². The molecule has 154 valence electrons. The van der Waals surface area contributed by atoms with Gasteiger partial charge in [0.25, 0.3) is 0 Å². The lowest BCUT2D eigenvalue weighted by Crippen LogP contribution is -2.26. The second-order valence-corrected chi connectivity index (χ2v) is 8.56. The number of rotatable bonds is 7. The second-order valence-electron chi connectivity index (χ2n) is 8.12. The molecular weight excluding hydrogens is 390 g/mol. The lowest BCUT2D eigenvalue weighted by molar-refractivity contribution is -0.145. The van der Waals surface area contributed by atoms with Crippen LogP contribution in [0, 0.1) is 13.8 Å². The number of ether oxygens (including phenoxy) is 2. The topological polar surface area (TPSA) is 57.5 Å². The van der Waals surface area contributed by atoms with E-state index in [9.17, 15) is 9.59 Å². The minimum Gasteiger partial charge on any atom is -0.457 e. The molecule has 1 aliphatic carbocycles. The second kappa shape index (κ2) is 7.96. The predicted octanol–water partition coefficient (Wildman–Crippen LogP) is 4.40. The van der Waals surface area contributed by atoms with Crippen molar-refractivity contribution in [2.24, 2.45) is 0 Å². The molecule has 6 heteroatoms. The van der Waals surface area contributed by atoms with E-state index in [2.05, 4.69) is 4.57 Å². The maximum Gasteiger partial charge on any atom is 0.317 e. The van der Waals surface area contributed by atoms with Crippen LogP contribution in [-0.2, 0) is 26.2 Å². The Morgan fingerprint density at radius 1 is 1.24 bits per heavy atom. The number of aromatic nitrogens is 1. The molecule has 1 aliphatic heterocycles. The number of nitrogens with zero attached hydrogens (tertiary/aromatic N) is 1. The molecule has 0 bridgehead atoms. The highest BCUT2D eigenvalue weighted by Gasteiger charge is 2.52. The summed E-state index contributed by atoms with van der Waals surface area (Å²) < 4.78 is 13.3. The summed E-state index contributed by atoms with van der Waals surface area (Å²) in [6.07, 6.45) is 3.80. The molecule has 0 unspecified atom stereocenters. The molecule has 2 aliphatic rings. The number of esters is 1. The number of carbonyl (C=O) groups is 2. The summed E-state index contributed by atoms with van der Waals surface area (Å²) in [5.41, 5.74) is 2.81. The summed E-state index contributed by atoms with van der Waals surface area (Å²) >= 11 is 5.94. The minimum absolute atomic E-state index is 0.169. The van der Waals surface area contributed by atoms with Crippen molar-refractivity contribution in [2.45, 2.75) is 57.6 Å². The quantitative estimate of drug-likeness (QED) is 0.497. The minimum atomic E-state index is -0.623. The van der Waals surface area contributed by atoms with Crippen LogP contribution in [0.4, 0.5) is 0 Å². The normalized spacial score (nSPS) is 19.9. The van der Waals surface area contributed by atoms with E-state index in [1.165, 1.54) is 0 Å². The van der Waals surface area contributed by atoms with Gasteiger partial charge < -0.3 is 14.0 Å². The van der Waals surface area contributed by atoms with Crippen molar-refractivity contribution in [3.63, 3.8) is 0 Å². The molecule has 1 atom stereocenters. The first kappa shape index (κ1) is 20.2. The van der Waals surface area contributed by atoms with Crippen LogP contribution < -0.4 is 0 Å². The Kier molecular flexibility index (Phi) is 5.54. The highest BCUT2D eigenvalue weighted by molar-refractivity contribution is 6.30. The first-order chi connectivity index (χ1) is 13.9. The zero-order chi connectivity index (χ0) is 20.6. The van der Waals surface area contributed by atoms with Crippen LogP contribution in [-0.4, -0.2) is 35.6 Å². The molecule has 4 rings (SSSR count). The number of hydrogen-bond donors (Lipinski definition) is 0. The number of halogens is 1. The molecule has 2 heterocycles. The molecule has 1 saturated heterocycles. The van der Waals surface area contributed by atoms with Crippen molar-refractivity contribution in [2.75, 3.05) is 13.2 Å². The molecule has 1 aromatic carbocycles. The summed E-state index contributed by atoms with van der Waals surface area (Å²) in [5.74, 6) is -0.502. The number of Topliss-reactive ketones (excluding diaryl/α,β-unsaturated/α-hetero) is 1. The van der Waals surface area contributed by atoms with E-state index in [4.69, 9.17) is 21.1 Å². The standard InChI is InChI=1S/C23H26ClNO4/c1-15-12-20(16(2)25(15)13-19-4-3-11-28-19)21(26)14-29-22(27)23(9-10-23)17-5-7-18(24)8-6-17/h5-8,12,19H,3-4,9-11,13-14H2,1-2H3/t19-/m1/s1. The van der Waals surface area contributed by atoms with Crippen molar-refractivity contribution in [1.29, 1.82) is 0 Å². The molecule has 2 aromatic rings. The molecular formula is C23H26ClNO4. The summed E-state index contributed by atoms with van der Waals surface area (Å²) in [4.78, 5) is 25.5. The number of ketones is 1. The summed E-state index contributed by atoms with van der Waals surface area (Å²) in [5, 5.41) is 0.631. The Morgan fingerprint density at radius 2 is 1.97 bits per heavy atom. The lowest BCUT2D eigenvalue weighted by atomic mass is 9.96. The van der Waals surface area contributed by atoms with Crippen LogP contribution in [0.1, 0.15) is 53.0 Å². The zero-order valence-corrected chi connectivity index (χ0v) is 17.6. The number of hydrogen-bond acceptors (Lipinski definition) is 4. The molecule has 0 N–H and O–H groups in total. The predicted molar refractivity (Wildman–Crippen MR) is 111 cm³/mol. The monoisotopic (exact) mass is 415 g/mol. The molecule has 0 amide bonds. The molecule has 1 aromatic heterocycles. The van der Waals surface area contributed by atoms with Crippen LogP contribution in [0.2, 0.25) is 5.02 Å². The average Bonchev–Trinajstić information content (AvgIpc) is 3.27. The van der Waals surface area contributed by atoms with Crippen LogP contribution in [0.25, 0.3) is 0 Å². The van der Waals surface area contributed by atoms with E-state index in [0.29, 0.717) is 10.6 Å². The average molecular weight is 416 g/mol. The fourth-order valence-corrected chi connectivity index (χ4v) is 4.33. The Bertz CT molecular complexity index is 921. The third-order valence-electron chi connectivity index (χ3n) is 6.16.